The summed E-state index contributed by atoms with van der Waals surface area (Å²) in [6.45, 7) is 25.9. The van der Waals surface area contributed by atoms with E-state index in [0.29, 0.717) is 11.1 Å². The van der Waals surface area contributed by atoms with Gasteiger partial charge in [0.1, 0.15) is 35.5 Å². The predicted molar refractivity (Wildman–Crippen MR) is 222 cm³/mol. The largest absolute Gasteiger partial charge is 0.486 e. The van der Waals surface area contributed by atoms with Gasteiger partial charge in [0.15, 0.2) is 19.9 Å². The van der Waals surface area contributed by atoms with E-state index in [1.54, 1.807) is 76.8 Å². The number of amides is 2. The first-order chi connectivity index (χ1) is 26.8. The van der Waals surface area contributed by atoms with Crippen molar-refractivity contribution in [2.24, 2.45) is 0 Å². The Bertz CT molecular complexity index is 1830. The summed E-state index contributed by atoms with van der Waals surface area (Å²) in [5.74, 6) is -2.53. The Hall–Kier alpha value is -4.53. The highest BCUT2D eigenvalue weighted by Crippen LogP contribution is 2.38. The average molecular weight is 828 g/mol. The van der Waals surface area contributed by atoms with E-state index in [1.165, 1.54) is 36.4 Å². The highest BCUT2D eigenvalue weighted by Gasteiger charge is 2.41. The lowest BCUT2D eigenvalue weighted by Gasteiger charge is -2.42. The standard InChI is InChI=1S/C44H60F3N3O7Si/c1-28(38(49-40(51)56-42(2,3)4)37(29-16-20-31(45)21-17-29)30-18-22-32(46)23-19-30)48-36-15-13-14-35(47)39(36)54-27-34-24-50(41(52)57-43(5,6)7)33(25-53-34)26-55-58(11,12)44(8,9)10/h13-23,33-34,37-38,48H,1,24-27H2,2-12H3,(H,49,51)/t33-,34-,38?/m0/s1. The summed E-state index contributed by atoms with van der Waals surface area (Å²) in [5, 5.41) is 5.97. The molecule has 0 saturated carbocycles. The third-order valence-corrected chi connectivity index (χ3v) is 14.5. The van der Waals surface area contributed by atoms with Gasteiger partial charge in [-0.05, 0) is 107 Å². The second-order valence-electron chi connectivity index (χ2n) is 18.1. The summed E-state index contributed by atoms with van der Waals surface area (Å²) >= 11 is 0. The second kappa shape index (κ2) is 18.6. The maximum Gasteiger partial charge on any atom is 0.410 e. The number of morpholine rings is 1. The molecule has 58 heavy (non-hydrogen) atoms. The monoisotopic (exact) mass is 827 g/mol. The van der Waals surface area contributed by atoms with Crippen LogP contribution in [0, 0.1) is 17.5 Å². The van der Waals surface area contributed by atoms with Gasteiger partial charge in [0.05, 0.1) is 37.5 Å². The molecule has 1 saturated heterocycles. The van der Waals surface area contributed by atoms with Gasteiger partial charge in [-0.2, -0.15) is 0 Å². The Labute approximate surface area is 342 Å². The predicted octanol–water partition coefficient (Wildman–Crippen LogP) is 10.2. The van der Waals surface area contributed by atoms with Crippen LogP contribution in [0.15, 0.2) is 79.0 Å². The Morgan fingerprint density at radius 1 is 0.845 bits per heavy atom. The molecule has 4 rings (SSSR count). The fraction of sp³-hybridized carbons (Fsp3) is 0.500. The normalized spacial score (nSPS) is 17.1. The van der Waals surface area contributed by atoms with Gasteiger partial charge in [-0.3, -0.25) is 4.90 Å². The molecular weight excluding hydrogens is 768 g/mol. The number of alkyl carbamates (subject to hydrolysis) is 1. The minimum atomic E-state index is -2.16. The number of benzene rings is 3. The van der Waals surface area contributed by atoms with Gasteiger partial charge in [-0.15, -0.1) is 0 Å². The van der Waals surface area contributed by atoms with Crippen molar-refractivity contribution in [2.75, 3.05) is 31.7 Å². The number of anilines is 1. The van der Waals surface area contributed by atoms with Crippen LogP contribution in [0.2, 0.25) is 18.1 Å². The number of carbonyl (C=O) groups excluding carboxylic acids is 2. The third-order valence-electron chi connectivity index (χ3n) is 9.95. The molecule has 1 aliphatic rings. The van der Waals surface area contributed by atoms with Gasteiger partial charge in [0, 0.05) is 11.6 Å². The molecule has 0 aromatic heterocycles. The molecule has 10 nitrogen and oxygen atoms in total. The minimum Gasteiger partial charge on any atom is -0.486 e. The second-order valence-corrected chi connectivity index (χ2v) is 22.9. The lowest BCUT2D eigenvalue weighted by Crippen LogP contribution is -2.57. The zero-order chi connectivity index (χ0) is 43.2. The van der Waals surface area contributed by atoms with Crippen LogP contribution < -0.4 is 15.4 Å². The van der Waals surface area contributed by atoms with Crippen molar-refractivity contribution in [1.29, 1.82) is 0 Å². The average Bonchev–Trinajstić information content (AvgIpc) is 3.10. The van der Waals surface area contributed by atoms with Gasteiger partial charge in [0.2, 0.25) is 0 Å². The van der Waals surface area contributed by atoms with Crippen LogP contribution in [0.5, 0.6) is 5.75 Å². The molecule has 1 heterocycles. The molecule has 14 heteroatoms. The van der Waals surface area contributed by atoms with Crippen LogP contribution in [0.4, 0.5) is 28.4 Å². The summed E-state index contributed by atoms with van der Waals surface area (Å²) in [6.07, 6.45) is -1.95. The molecule has 0 aliphatic carbocycles. The van der Waals surface area contributed by atoms with E-state index in [4.69, 9.17) is 23.4 Å². The third kappa shape index (κ3) is 13.0. The molecule has 0 spiro atoms. The van der Waals surface area contributed by atoms with Crippen LogP contribution in [0.3, 0.4) is 0 Å². The molecule has 3 aromatic carbocycles. The maximum atomic E-state index is 15.7. The molecule has 318 valence electrons. The van der Waals surface area contributed by atoms with Crippen molar-refractivity contribution in [3.05, 3.63) is 108 Å². The van der Waals surface area contributed by atoms with E-state index in [1.807, 2.05) is 0 Å². The molecule has 3 atom stereocenters. The summed E-state index contributed by atoms with van der Waals surface area (Å²) in [4.78, 5) is 28.5. The molecule has 2 N–H and O–H groups in total. The summed E-state index contributed by atoms with van der Waals surface area (Å²) in [5.41, 5.74) is -0.0838. The fourth-order valence-electron chi connectivity index (χ4n) is 5.97. The van der Waals surface area contributed by atoms with Crippen molar-refractivity contribution in [3.8, 4) is 5.75 Å². The van der Waals surface area contributed by atoms with Gasteiger partial charge in [-0.1, -0.05) is 57.7 Å². The van der Waals surface area contributed by atoms with Crippen molar-refractivity contribution in [3.63, 3.8) is 0 Å². The Morgan fingerprint density at radius 3 is 1.91 bits per heavy atom. The van der Waals surface area contributed by atoms with Crippen molar-refractivity contribution in [2.45, 2.75) is 116 Å². The van der Waals surface area contributed by atoms with E-state index < -0.39 is 73.3 Å². The lowest BCUT2D eigenvalue weighted by atomic mass is 9.83. The highest BCUT2D eigenvalue weighted by atomic mass is 28.4. The van der Waals surface area contributed by atoms with Crippen LogP contribution >= 0.6 is 0 Å². The molecule has 1 unspecified atom stereocenters. The summed E-state index contributed by atoms with van der Waals surface area (Å²) in [7, 11) is -2.16. The summed E-state index contributed by atoms with van der Waals surface area (Å²) in [6, 6.07) is 14.3. The fourth-order valence-corrected chi connectivity index (χ4v) is 7.01. The van der Waals surface area contributed by atoms with Crippen LogP contribution in [0.25, 0.3) is 0 Å². The highest BCUT2D eigenvalue weighted by molar-refractivity contribution is 6.74. The van der Waals surface area contributed by atoms with Crippen molar-refractivity contribution >= 4 is 26.2 Å². The quantitative estimate of drug-likeness (QED) is 0.164. The van der Waals surface area contributed by atoms with Crippen molar-refractivity contribution in [1.82, 2.24) is 10.2 Å². The number of hydrogen-bond acceptors (Lipinski definition) is 8. The van der Waals surface area contributed by atoms with E-state index in [-0.39, 0.29) is 48.5 Å². The lowest BCUT2D eigenvalue weighted by molar-refractivity contribution is -0.0899. The molecule has 0 bridgehead atoms. The Kier molecular flexibility index (Phi) is 14.8. The summed E-state index contributed by atoms with van der Waals surface area (Å²) < 4.78 is 74.1. The zero-order valence-corrected chi connectivity index (χ0v) is 36.6. The SMILES string of the molecule is C=C(Nc1cccc(F)c1OC[C@@H]1CN(C(=O)OC(C)(C)C)[C@H](CO[Si](C)(C)C(C)(C)C)CO1)C(NC(=O)OC(C)(C)C)C(c1ccc(F)cc1)c1ccc(F)cc1. The number of rotatable bonds is 13. The van der Waals surface area contributed by atoms with Gasteiger partial charge in [0.25, 0.3) is 0 Å². The minimum absolute atomic E-state index is 0.0406. The van der Waals surface area contributed by atoms with E-state index >= 15 is 4.39 Å². The van der Waals surface area contributed by atoms with Crippen LogP contribution in [-0.4, -0.2) is 81.2 Å². The first kappa shape index (κ1) is 46.2. The van der Waals surface area contributed by atoms with Crippen molar-refractivity contribution < 1.29 is 46.1 Å². The van der Waals surface area contributed by atoms with Gasteiger partial charge >= 0.3 is 12.2 Å². The topological polar surface area (TPSA) is 108 Å². The number of halogens is 3. The first-order valence-electron chi connectivity index (χ1n) is 19.5. The van der Waals surface area contributed by atoms with Crippen LogP contribution in [0.1, 0.15) is 79.4 Å². The molecule has 1 aliphatic heterocycles. The molecule has 0 radical (unpaired) electrons. The number of para-hydroxylation sites is 1. The smallest absolute Gasteiger partial charge is 0.410 e. The molecule has 3 aromatic rings. The number of hydrogen-bond donors (Lipinski definition) is 2. The Balaban J connectivity index is 1.61. The molecular formula is C44H60F3N3O7Si. The molecule has 2 amide bonds. The number of carbonyl (C=O) groups is 2. The van der Waals surface area contributed by atoms with Gasteiger partial charge < -0.3 is 34.0 Å². The maximum absolute atomic E-state index is 15.7. The number of nitrogens with one attached hydrogen (secondary N) is 2. The van der Waals surface area contributed by atoms with Gasteiger partial charge in [-0.25, -0.2) is 22.8 Å². The van der Waals surface area contributed by atoms with E-state index in [2.05, 4.69) is 51.1 Å². The van der Waals surface area contributed by atoms with Crippen LogP contribution in [-0.2, 0) is 18.6 Å². The zero-order valence-electron chi connectivity index (χ0n) is 35.6. The first-order valence-corrected chi connectivity index (χ1v) is 22.4. The molecule has 1 fully saturated rings. The van der Waals surface area contributed by atoms with E-state index in [9.17, 15) is 18.4 Å². The number of ether oxygens (including phenoxy) is 4. The Morgan fingerprint density at radius 2 is 1.40 bits per heavy atom. The number of nitrogens with zero attached hydrogens (tertiary/aromatic N) is 1. The van der Waals surface area contributed by atoms with E-state index in [0.717, 1.165) is 0 Å².